The molecule has 0 aliphatic carbocycles. The van der Waals surface area contributed by atoms with Crippen LogP contribution in [-0.4, -0.2) is 11.1 Å². The van der Waals surface area contributed by atoms with E-state index in [1.807, 2.05) is 42.5 Å². The Kier molecular flexibility index (Phi) is 4.91. The Hall–Kier alpha value is -2.13. The predicted octanol–water partition coefficient (Wildman–Crippen LogP) is 3.16. The second-order valence-corrected chi connectivity index (χ2v) is 4.85. The average Bonchev–Trinajstić information content (AvgIpc) is 2.46. The van der Waals surface area contributed by atoms with Gasteiger partial charge in [-0.3, -0.25) is 4.79 Å². The van der Waals surface area contributed by atoms with E-state index < -0.39 is 5.97 Å². The van der Waals surface area contributed by atoms with Crippen LogP contribution in [0.25, 0.3) is 0 Å². The number of carboxylic acid groups (broad SMARTS) is 1. The number of hydrogen-bond acceptors (Lipinski definition) is 2. The third-order valence-electron chi connectivity index (χ3n) is 3.36. The molecule has 0 aliphatic heterocycles. The predicted molar refractivity (Wildman–Crippen MR) is 79.5 cm³/mol. The molecule has 0 heterocycles. The molecule has 1 atom stereocenters. The molecule has 3 nitrogen and oxygen atoms in total. The first-order chi connectivity index (χ1) is 9.66. The Bertz CT molecular complexity index is 566. The standard InChI is InChI=1S/C17H19NO2/c1-13(14-7-3-2-4-8-14)18-12-16-10-6-5-9-15(16)11-17(19)20/h2-10,13,18H,11-12H2,1H3,(H,19,20)/t13-/m0/s1. The van der Waals surface area contributed by atoms with Gasteiger partial charge in [0.2, 0.25) is 0 Å². The molecule has 0 saturated carbocycles. The van der Waals surface area contributed by atoms with E-state index in [1.165, 1.54) is 5.56 Å². The van der Waals surface area contributed by atoms with Gasteiger partial charge in [0, 0.05) is 12.6 Å². The zero-order valence-corrected chi connectivity index (χ0v) is 11.5. The summed E-state index contributed by atoms with van der Waals surface area (Å²) >= 11 is 0. The van der Waals surface area contributed by atoms with Crippen molar-refractivity contribution in [1.29, 1.82) is 0 Å². The fourth-order valence-electron chi connectivity index (χ4n) is 2.19. The molecule has 0 spiro atoms. The molecule has 3 heteroatoms. The molecule has 0 aromatic heterocycles. The minimum absolute atomic E-state index is 0.0670. The van der Waals surface area contributed by atoms with Crippen LogP contribution in [0.3, 0.4) is 0 Å². The molecule has 2 aromatic rings. The zero-order chi connectivity index (χ0) is 14.4. The van der Waals surface area contributed by atoms with E-state index in [9.17, 15) is 4.79 Å². The lowest BCUT2D eigenvalue weighted by Gasteiger charge is -2.15. The fourth-order valence-corrected chi connectivity index (χ4v) is 2.19. The minimum atomic E-state index is -0.798. The van der Waals surface area contributed by atoms with Gasteiger partial charge in [-0.2, -0.15) is 0 Å². The van der Waals surface area contributed by atoms with Crippen molar-refractivity contribution >= 4 is 5.97 Å². The summed E-state index contributed by atoms with van der Waals surface area (Å²) in [7, 11) is 0. The Morgan fingerprint density at radius 1 is 1.05 bits per heavy atom. The SMILES string of the molecule is C[C@H](NCc1ccccc1CC(=O)O)c1ccccc1. The molecular formula is C17H19NO2. The van der Waals surface area contributed by atoms with Crippen molar-refractivity contribution in [2.75, 3.05) is 0 Å². The molecule has 0 radical (unpaired) electrons. The number of aliphatic carboxylic acids is 1. The highest BCUT2D eigenvalue weighted by Crippen LogP contribution is 2.14. The van der Waals surface area contributed by atoms with E-state index >= 15 is 0 Å². The number of carboxylic acids is 1. The molecule has 104 valence electrons. The maximum Gasteiger partial charge on any atom is 0.307 e. The Labute approximate surface area is 119 Å². The number of benzene rings is 2. The molecule has 0 fully saturated rings. The summed E-state index contributed by atoms with van der Waals surface area (Å²) in [6, 6.07) is 18.1. The van der Waals surface area contributed by atoms with Crippen LogP contribution < -0.4 is 5.32 Å². The van der Waals surface area contributed by atoms with Crippen LogP contribution in [0.15, 0.2) is 54.6 Å². The second-order valence-electron chi connectivity index (χ2n) is 4.85. The van der Waals surface area contributed by atoms with E-state index in [4.69, 9.17) is 5.11 Å². The first-order valence-corrected chi connectivity index (χ1v) is 6.73. The van der Waals surface area contributed by atoms with Crippen molar-refractivity contribution in [3.05, 3.63) is 71.3 Å². The van der Waals surface area contributed by atoms with E-state index in [0.29, 0.717) is 6.54 Å². The van der Waals surface area contributed by atoms with Gasteiger partial charge in [-0.05, 0) is 23.6 Å². The number of nitrogens with one attached hydrogen (secondary N) is 1. The molecule has 20 heavy (non-hydrogen) atoms. The quantitative estimate of drug-likeness (QED) is 0.847. The van der Waals surface area contributed by atoms with Gasteiger partial charge < -0.3 is 10.4 Å². The van der Waals surface area contributed by atoms with Gasteiger partial charge in [0.25, 0.3) is 0 Å². The third-order valence-corrected chi connectivity index (χ3v) is 3.36. The Balaban J connectivity index is 2.02. The molecule has 0 bridgehead atoms. The molecule has 0 saturated heterocycles. The largest absolute Gasteiger partial charge is 0.481 e. The van der Waals surface area contributed by atoms with Crippen LogP contribution in [0.4, 0.5) is 0 Å². The van der Waals surface area contributed by atoms with Crippen molar-refractivity contribution in [2.45, 2.75) is 25.9 Å². The van der Waals surface area contributed by atoms with Gasteiger partial charge >= 0.3 is 5.97 Å². The van der Waals surface area contributed by atoms with Gasteiger partial charge in [-0.25, -0.2) is 0 Å². The van der Waals surface area contributed by atoms with Crippen molar-refractivity contribution in [3.8, 4) is 0 Å². The number of hydrogen-bond donors (Lipinski definition) is 2. The highest BCUT2D eigenvalue weighted by Gasteiger charge is 2.08. The van der Waals surface area contributed by atoms with Gasteiger partial charge in [-0.15, -0.1) is 0 Å². The average molecular weight is 269 g/mol. The van der Waals surface area contributed by atoms with Crippen LogP contribution in [0, 0.1) is 0 Å². The normalized spacial score (nSPS) is 12.1. The molecule has 0 aliphatic rings. The molecule has 2 rings (SSSR count). The van der Waals surface area contributed by atoms with Crippen LogP contribution in [0.1, 0.15) is 29.7 Å². The smallest absolute Gasteiger partial charge is 0.307 e. The van der Waals surface area contributed by atoms with E-state index in [2.05, 4.69) is 24.4 Å². The fraction of sp³-hybridized carbons (Fsp3) is 0.235. The molecular weight excluding hydrogens is 250 g/mol. The summed E-state index contributed by atoms with van der Waals surface area (Å²) < 4.78 is 0. The summed E-state index contributed by atoms with van der Waals surface area (Å²) in [6.07, 6.45) is 0.0670. The topological polar surface area (TPSA) is 49.3 Å². The highest BCUT2D eigenvalue weighted by molar-refractivity contribution is 5.70. The monoisotopic (exact) mass is 269 g/mol. The van der Waals surface area contributed by atoms with Crippen LogP contribution in [0.2, 0.25) is 0 Å². The number of carbonyl (C=O) groups is 1. The number of rotatable bonds is 6. The van der Waals surface area contributed by atoms with Crippen LogP contribution >= 0.6 is 0 Å². The van der Waals surface area contributed by atoms with Crippen molar-refractivity contribution in [2.24, 2.45) is 0 Å². The minimum Gasteiger partial charge on any atom is -0.481 e. The summed E-state index contributed by atoms with van der Waals surface area (Å²) in [4.78, 5) is 10.9. The Morgan fingerprint density at radius 3 is 2.30 bits per heavy atom. The molecule has 2 aromatic carbocycles. The lowest BCUT2D eigenvalue weighted by molar-refractivity contribution is -0.136. The second kappa shape index (κ2) is 6.87. The van der Waals surface area contributed by atoms with Gasteiger partial charge in [0.15, 0.2) is 0 Å². The summed E-state index contributed by atoms with van der Waals surface area (Å²) in [5.41, 5.74) is 3.13. The Morgan fingerprint density at radius 2 is 1.65 bits per heavy atom. The van der Waals surface area contributed by atoms with Gasteiger partial charge in [0.1, 0.15) is 0 Å². The third kappa shape index (κ3) is 3.93. The van der Waals surface area contributed by atoms with Gasteiger partial charge in [0.05, 0.1) is 6.42 Å². The molecule has 0 unspecified atom stereocenters. The molecule has 2 N–H and O–H groups in total. The summed E-state index contributed by atoms with van der Waals surface area (Å²) in [5.74, 6) is -0.798. The first-order valence-electron chi connectivity index (χ1n) is 6.73. The van der Waals surface area contributed by atoms with Gasteiger partial charge in [-0.1, -0.05) is 54.6 Å². The molecule has 0 amide bonds. The van der Waals surface area contributed by atoms with Crippen molar-refractivity contribution in [1.82, 2.24) is 5.32 Å². The first kappa shape index (κ1) is 14.3. The van der Waals surface area contributed by atoms with Crippen molar-refractivity contribution < 1.29 is 9.90 Å². The van der Waals surface area contributed by atoms with Crippen molar-refractivity contribution in [3.63, 3.8) is 0 Å². The van der Waals surface area contributed by atoms with Crippen LogP contribution in [0.5, 0.6) is 0 Å². The lowest BCUT2D eigenvalue weighted by atomic mass is 10.0. The highest BCUT2D eigenvalue weighted by atomic mass is 16.4. The lowest BCUT2D eigenvalue weighted by Crippen LogP contribution is -2.19. The maximum atomic E-state index is 10.9. The van der Waals surface area contributed by atoms with E-state index in [1.54, 1.807) is 0 Å². The zero-order valence-electron chi connectivity index (χ0n) is 11.5. The summed E-state index contributed by atoms with van der Waals surface area (Å²) in [5, 5.41) is 12.4. The van der Waals surface area contributed by atoms with E-state index in [-0.39, 0.29) is 12.5 Å². The summed E-state index contributed by atoms with van der Waals surface area (Å²) in [6.45, 7) is 2.77. The van der Waals surface area contributed by atoms with Crippen LogP contribution in [-0.2, 0) is 17.8 Å². The van der Waals surface area contributed by atoms with E-state index in [0.717, 1.165) is 11.1 Å². The maximum absolute atomic E-state index is 10.9.